The maximum Gasteiger partial charge on any atom is 0.290 e. The van der Waals surface area contributed by atoms with Crippen LogP contribution in [0.5, 0.6) is 0 Å². The van der Waals surface area contributed by atoms with Gasteiger partial charge in [0.15, 0.2) is 0 Å². The zero-order valence-corrected chi connectivity index (χ0v) is 20.1. The number of imide groups is 1. The van der Waals surface area contributed by atoms with Crippen molar-refractivity contribution in [2.24, 2.45) is 9.98 Å². The molecule has 1 aliphatic heterocycles. The molecule has 4 rings (SSSR count). The van der Waals surface area contributed by atoms with E-state index in [-0.39, 0.29) is 22.9 Å². The van der Waals surface area contributed by atoms with Gasteiger partial charge in [-0.2, -0.15) is 0 Å². The molecule has 1 aliphatic carbocycles. The van der Waals surface area contributed by atoms with Crippen molar-refractivity contribution in [3.63, 3.8) is 0 Å². The highest BCUT2D eigenvalue weighted by atomic mass is 32.2. The summed E-state index contributed by atoms with van der Waals surface area (Å²) in [6.45, 7) is 5.38. The first kappa shape index (κ1) is 24.3. The molecule has 0 radical (unpaired) electrons. The van der Waals surface area contributed by atoms with Gasteiger partial charge in [0.1, 0.15) is 0 Å². The van der Waals surface area contributed by atoms with Crippen molar-refractivity contribution in [2.45, 2.75) is 44.7 Å². The summed E-state index contributed by atoms with van der Waals surface area (Å²) in [5.41, 5.74) is 1.78. The lowest BCUT2D eigenvalue weighted by Gasteiger charge is -2.30. The van der Waals surface area contributed by atoms with Gasteiger partial charge in [0.05, 0.1) is 21.7 Å². The number of fused-ring (bicyclic) bond motifs is 1. The maximum absolute atomic E-state index is 12.9. The molecule has 10 heteroatoms. The minimum Gasteiger partial charge on any atom is -0.351 e. The van der Waals surface area contributed by atoms with Crippen molar-refractivity contribution < 1.29 is 14.4 Å². The third-order valence-electron chi connectivity index (χ3n) is 5.87. The van der Waals surface area contributed by atoms with Gasteiger partial charge in [-0.3, -0.25) is 24.7 Å². The molecular formula is C25H26N6O3S. The van der Waals surface area contributed by atoms with Gasteiger partial charge in [-0.15, -0.1) is 0 Å². The van der Waals surface area contributed by atoms with Crippen LogP contribution in [0, 0.1) is 0 Å². The SMILES string of the molecule is C=N\C(=N/C(=C\C)/C=C1\SC(=O)NC1=O)N[C@H]1CC[C@H](NC(=O)c2cccc3cccnc23)CC1. The molecule has 1 saturated heterocycles. The molecule has 0 spiro atoms. The number of aliphatic imine (C=N–C) groups is 2. The number of allylic oxidation sites excluding steroid dienone is 2. The number of thioether (sulfide) groups is 1. The molecule has 0 atom stereocenters. The summed E-state index contributed by atoms with van der Waals surface area (Å²) >= 11 is 0.838. The van der Waals surface area contributed by atoms with E-state index in [9.17, 15) is 14.4 Å². The number of pyridine rings is 1. The Labute approximate surface area is 207 Å². The second kappa shape index (κ2) is 11.1. The Hall–Kier alpha value is -3.79. The Bertz CT molecular complexity index is 1260. The standard InChI is InChI=1S/C25H26N6O3S/c1-3-16(14-20-23(33)31-25(34)35-20)29-24(26-2)30-18-11-9-17(10-12-18)28-22(32)19-8-4-6-15-7-5-13-27-21(15)19/h3-8,13-14,17-18H,2,9-12H2,1H3,(H,28,32)(H,29,30)(H,31,33,34)/b16-3-,20-14-/t17-,18-. The summed E-state index contributed by atoms with van der Waals surface area (Å²) in [5.74, 6) is -0.201. The highest BCUT2D eigenvalue weighted by molar-refractivity contribution is 8.18. The van der Waals surface area contributed by atoms with Gasteiger partial charge in [-0.1, -0.05) is 24.3 Å². The normalized spacial score (nSPS) is 22.3. The number of carbonyl (C=O) groups is 3. The van der Waals surface area contributed by atoms with E-state index in [0.717, 1.165) is 42.8 Å². The zero-order chi connectivity index (χ0) is 24.8. The lowest BCUT2D eigenvalue weighted by Crippen LogP contribution is -2.43. The van der Waals surface area contributed by atoms with Crippen molar-refractivity contribution in [1.29, 1.82) is 0 Å². The van der Waals surface area contributed by atoms with Crippen LogP contribution in [0.3, 0.4) is 0 Å². The van der Waals surface area contributed by atoms with Crippen LogP contribution in [0.1, 0.15) is 43.0 Å². The average Bonchev–Trinajstić information content (AvgIpc) is 3.19. The molecule has 9 nitrogen and oxygen atoms in total. The number of hydrogen-bond donors (Lipinski definition) is 3. The van der Waals surface area contributed by atoms with Gasteiger partial charge < -0.3 is 10.6 Å². The van der Waals surface area contributed by atoms with E-state index in [2.05, 4.69) is 37.6 Å². The van der Waals surface area contributed by atoms with Gasteiger partial charge >= 0.3 is 0 Å². The quantitative estimate of drug-likeness (QED) is 0.334. The minimum absolute atomic E-state index is 0.0721. The summed E-state index contributed by atoms with van der Waals surface area (Å²) in [4.78, 5) is 49.1. The number of amides is 3. The van der Waals surface area contributed by atoms with E-state index in [1.165, 1.54) is 0 Å². The molecular weight excluding hydrogens is 464 g/mol. The zero-order valence-electron chi connectivity index (χ0n) is 19.3. The first-order valence-electron chi connectivity index (χ1n) is 11.3. The largest absolute Gasteiger partial charge is 0.351 e. The molecule has 1 aromatic carbocycles. The molecule has 180 valence electrons. The maximum atomic E-state index is 12.9. The van der Waals surface area contributed by atoms with E-state index in [1.807, 2.05) is 24.3 Å². The highest BCUT2D eigenvalue weighted by Gasteiger charge is 2.26. The first-order valence-corrected chi connectivity index (χ1v) is 12.2. The Balaban J connectivity index is 1.33. The number of hydrogen-bond acceptors (Lipinski definition) is 6. The summed E-state index contributed by atoms with van der Waals surface area (Å²) in [6.07, 6.45) is 8.24. The molecule has 35 heavy (non-hydrogen) atoms. The minimum atomic E-state index is -0.435. The molecule has 2 aliphatic rings. The predicted octanol–water partition coefficient (Wildman–Crippen LogP) is 3.69. The van der Waals surface area contributed by atoms with Crippen LogP contribution >= 0.6 is 11.8 Å². The van der Waals surface area contributed by atoms with Crippen molar-refractivity contribution in [2.75, 3.05) is 0 Å². The number of para-hydroxylation sites is 1. The number of rotatable bonds is 5. The Morgan fingerprint density at radius 1 is 1.14 bits per heavy atom. The molecule has 2 fully saturated rings. The van der Waals surface area contributed by atoms with Crippen LogP contribution in [0.15, 0.2) is 69.3 Å². The third kappa shape index (κ3) is 6.02. The fraction of sp³-hybridized carbons (Fsp3) is 0.280. The average molecular weight is 491 g/mol. The number of guanidine groups is 1. The van der Waals surface area contributed by atoms with Crippen LogP contribution in [0.2, 0.25) is 0 Å². The molecule has 2 heterocycles. The predicted molar refractivity (Wildman–Crippen MR) is 138 cm³/mol. The van der Waals surface area contributed by atoms with E-state index >= 15 is 0 Å². The molecule has 1 saturated carbocycles. The van der Waals surface area contributed by atoms with Crippen LogP contribution in [0.25, 0.3) is 10.9 Å². The summed E-state index contributed by atoms with van der Waals surface area (Å²) < 4.78 is 0. The number of benzene rings is 1. The molecule has 2 aromatic rings. The topological polar surface area (TPSA) is 125 Å². The summed E-state index contributed by atoms with van der Waals surface area (Å²) in [7, 11) is 0. The number of nitrogens with zero attached hydrogens (tertiary/aromatic N) is 3. The lowest BCUT2D eigenvalue weighted by atomic mass is 9.91. The van der Waals surface area contributed by atoms with Crippen LogP contribution in [-0.4, -0.2) is 46.8 Å². The van der Waals surface area contributed by atoms with Gasteiger partial charge in [-0.05, 0) is 69.3 Å². The number of carbonyl (C=O) groups excluding carboxylic acids is 3. The first-order chi connectivity index (χ1) is 17.0. The smallest absolute Gasteiger partial charge is 0.290 e. The van der Waals surface area contributed by atoms with E-state index in [4.69, 9.17) is 0 Å². The van der Waals surface area contributed by atoms with Gasteiger partial charge in [0.2, 0.25) is 5.96 Å². The van der Waals surface area contributed by atoms with Gasteiger partial charge in [0.25, 0.3) is 17.1 Å². The fourth-order valence-electron chi connectivity index (χ4n) is 4.09. The fourth-order valence-corrected chi connectivity index (χ4v) is 4.75. The van der Waals surface area contributed by atoms with Gasteiger partial charge in [-0.25, -0.2) is 9.98 Å². The Kier molecular flexibility index (Phi) is 7.71. The molecule has 3 N–H and O–H groups in total. The van der Waals surface area contributed by atoms with Crippen molar-refractivity contribution in [3.05, 3.63) is 64.8 Å². The van der Waals surface area contributed by atoms with Crippen LogP contribution < -0.4 is 16.0 Å². The van der Waals surface area contributed by atoms with E-state index < -0.39 is 11.1 Å². The molecule has 0 bridgehead atoms. The molecule has 1 aromatic heterocycles. The molecule has 3 amide bonds. The van der Waals surface area contributed by atoms with E-state index in [0.29, 0.717) is 22.7 Å². The van der Waals surface area contributed by atoms with Crippen molar-refractivity contribution in [1.82, 2.24) is 20.9 Å². The van der Waals surface area contributed by atoms with Crippen LogP contribution in [-0.2, 0) is 4.79 Å². The lowest BCUT2D eigenvalue weighted by molar-refractivity contribution is -0.115. The summed E-state index contributed by atoms with van der Waals surface area (Å²) in [5, 5.41) is 9.20. The van der Waals surface area contributed by atoms with Crippen molar-refractivity contribution >= 4 is 52.4 Å². The number of nitrogens with one attached hydrogen (secondary N) is 3. The summed E-state index contributed by atoms with van der Waals surface area (Å²) in [6, 6.07) is 9.61. The van der Waals surface area contributed by atoms with E-state index in [1.54, 1.807) is 31.3 Å². The third-order valence-corrected chi connectivity index (χ3v) is 6.69. The monoisotopic (exact) mass is 490 g/mol. The molecule has 0 unspecified atom stereocenters. The highest BCUT2D eigenvalue weighted by Crippen LogP contribution is 2.25. The van der Waals surface area contributed by atoms with Gasteiger partial charge in [0, 0.05) is 23.7 Å². The second-order valence-corrected chi connectivity index (χ2v) is 9.22. The second-order valence-electron chi connectivity index (χ2n) is 8.21. The van der Waals surface area contributed by atoms with Crippen molar-refractivity contribution in [3.8, 4) is 0 Å². The number of aromatic nitrogens is 1. The Morgan fingerprint density at radius 2 is 1.86 bits per heavy atom. The van der Waals surface area contributed by atoms with Crippen LogP contribution in [0.4, 0.5) is 4.79 Å². The Morgan fingerprint density at radius 3 is 2.51 bits per heavy atom.